The summed E-state index contributed by atoms with van der Waals surface area (Å²) in [7, 11) is 0. The first kappa shape index (κ1) is 38.4. The molecule has 0 saturated carbocycles. The molecule has 0 aliphatic rings. The fraction of sp³-hybridized carbons (Fsp3) is 0.833. The van der Waals surface area contributed by atoms with Crippen molar-refractivity contribution in [1.82, 2.24) is 0 Å². The smallest absolute Gasteiger partial charge is 0.247 e. The Kier molecular flexibility index (Phi) is 32.3. The average molecular weight is 563 g/mol. The van der Waals surface area contributed by atoms with Crippen molar-refractivity contribution in [3.05, 3.63) is 24.3 Å². The van der Waals surface area contributed by atoms with E-state index in [4.69, 9.17) is 9.78 Å². The van der Waals surface area contributed by atoms with Crippen molar-refractivity contribution in [2.45, 2.75) is 194 Å². The van der Waals surface area contributed by atoms with Gasteiger partial charge in [-0.2, -0.15) is 0 Å². The molecule has 0 fully saturated rings. The summed E-state index contributed by atoms with van der Waals surface area (Å²) < 4.78 is 0. The van der Waals surface area contributed by atoms with Crippen LogP contribution in [0.15, 0.2) is 24.3 Å². The summed E-state index contributed by atoms with van der Waals surface area (Å²) in [6.07, 6.45) is 41.7. The molecule has 0 heterocycles. The van der Waals surface area contributed by atoms with Crippen LogP contribution in [-0.2, 0) is 19.4 Å². The Morgan fingerprint density at radius 1 is 0.375 bits per heavy atom. The lowest BCUT2D eigenvalue weighted by atomic mass is 10.1. The largest absolute Gasteiger partial charge is 0.355 e. The topological polar surface area (TPSA) is 52.6 Å². The van der Waals surface area contributed by atoms with Crippen LogP contribution in [0.25, 0.3) is 0 Å². The van der Waals surface area contributed by atoms with Crippen molar-refractivity contribution < 1.29 is 19.4 Å². The van der Waals surface area contributed by atoms with Gasteiger partial charge in [0, 0.05) is 0 Å². The van der Waals surface area contributed by atoms with E-state index in [1.54, 1.807) is 0 Å². The maximum atomic E-state index is 11.8. The molecule has 234 valence electrons. The van der Waals surface area contributed by atoms with Crippen LogP contribution in [-0.4, -0.2) is 11.9 Å². The van der Waals surface area contributed by atoms with E-state index in [1.165, 1.54) is 116 Å². The number of hydrogen-bond donors (Lipinski definition) is 0. The molecule has 40 heavy (non-hydrogen) atoms. The highest BCUT2D eigenvalue weighted by molar-refractivity contribution is 5.72. The fourth-order valence-electron chi connectivity index (χ4n) is 4.86. The van der Waals surface area contributed by atoms with Crippen LogP contribution in [0.4, 0.5) is 0 Å². The molecule has 0 radical (unpaired) electrons. The highest BCUT2D eigenvalue weighted by Crippen LogP contribution is 2.12. The van der Waals surface area contributed by atoms with Gasteiger partial charge in [-0.25, -0.2) is 19.4 Å². The summed E-state index contributed by atoms with van der Waals surface area (Å²) in [5.41, 5.74) is 0. The van der Waals surface area contributed by atoms with Crippen molar-refractivity contribution in [3.8, 4) is 0 Å². The Hall–Kier alpha value is -1.58. The molecular formula is C36H66O4. The number of rotatable bonds is 30. The Labute approximate surface area is 249 Å². The number of hydrogen-bond acceptors (Lipinski definition) is 4. The van der Waals surface area contributed by atoms with Gasteiger partial charge in [0.2, 0.25) is 0 Å². The van der Waals surface area contributed by atoms with Gasteiger partial charge in [0.15, 0.2) is 0 Å². The Morgan fingerprint density at radius 3 is 0.925 bits per heavy atom. The molecule has 0 aliphatic heterocycles. The first-order chi connectivity index (χ1) is 19.7. The van der Waals surface area contributed by atoms with Gasteiger partial charge in [-0.05, 0) is 64.2 Å². The fourth-order valence-corrected chi connectivity index (χ4v) is 4.86. The Balaban J connectivity index is 3.36. The number of carbonyl (C=O) groups excluding carboxylic acids is 2. The van der Waals surface area contributed by atoms with Crippen LogP contribution in [0, 0.1) is 0 Å². The van der Waals surface area contributed by atoms with Crippen molar-refractivity contribution >= 4 is 11.9 Å². The number of carbonyl (C=O) groups is 2. The molecule has 0 saturated heterocycles. The molecule has 0 aromatic rings. The maximum absolute atomic E-state index is 11.8. The Bertz CT molecular complexity index is 544. The van der Waals surface area contributed by atoms with Crippen LogP contribution in [0.5, 0.6) is 0 Å². The zero-order valence-electron chi connectivity index (χ0n) is 26.7. The van der Waals surface area contributed by atoms with E-state index in [9.17, 15) is 9.59 Å². The highest BCUT2D eigenvalue weighted by atomic mass is 17.2. The van der Waals surface area contributed by atoms with E-state index < -0.39 is 11.9 Å². The van der Waals surface area contributed by atoms with Gasteiger partial charge < -0.3 is 0 Å². The third-order valence-corrected chi connectivity index (χ3v) is 7.51. The maximum Gasteiger partial charge on any atom is 0.355 e. The molecule has 0 bridgehead atoms. The van der Waals surface area contributed by atoms with Gasteiger partial charge in [-0.15, -0.1) is 0 Å². The summed E-state index contributed by atoms with van der Waals surface area (Å²) in [6.45, 7) is 4.52. The summed E-state index contributed by atoms with van der Waals surface area (Å²) in [4.78, 5) is 32.9. The van der Waals surface area contributed by atoms with E-state index in [2.05, 4.69) is 38.2 Å². The third-order valence-electron chi connectivity index (χ3n) is 7.51. The lowest BCUT2D eigenvalue weighted by molar-refractivity contribution is -0.259. The molecule has 0 aromatic heterocycles. The molecule has 0 aliphatic carbocycles. The van der Waals surface area contributed by atoms with Crippen LogP contribution >= 0.6 is 0 Å². The first-order valence-corrected chi connectivity index (χ1v) is 17.4. The van der Waals surface area contributed by atoms with Crippen LogP contribution in [0.2, 0.25) is 0 Å². The van der Waals surface area contributed by atoms with Crippen LogP contribution in [0.1, 0.15) is 194 Å². The van der Waals surface area contributed by atoms with Gasteiger partial charge in [0.05, 0.1) is 12.8 Å². The second-order valence-corrected chi connectivity index (χ2v) is 11.6. The average Bonchev–Trinajstić information content (AvgIpc) is 2.96. The van der Waals surface area contributed by atoms with Gasteiger partial charge in [-0.1, -0.05) is 141 Å². The monoisotopic (exact) mass is 562 g/mol. The van der Waals surface area contributed by atoms with Gasteiger partial charge in [-0.3, -0.25) is 0 Å². The van der Waals surface area contributed by atoms with Crippen molar-refractivity contribution in [2.24, 2.45) is 0 Å². The highest BCUT2D eigenvalue weighted by Gasteiger charge is 2.09. The van der Waals surface area contributed by atoms with Crippen LogP contribution in [0.3, 0.4) is 0 Å². The lowest BCUT2D eigenvalue weighted by Crippen LogP contribution is -2.11. The van der Waals surface area contributed by atoms with E-state index in [0.717, 1.165) is 51.4 Å². The quantitative estimate of drug-likeness (QED) is 0.0378. The summed E-state index contributed by atoms with van der Waals surface area (Å²) >= 11 is 0. The van der Waals surface area contributed by atoms with Crippen LogP contribution < -0.4 is 0 Å². The predicted octanol–water partition coefficient (Wildman–Crippen LogP) is 12.1. The van der Waals surface area contributed by atoms with E-state index in [1.807, 2.05) is 0 Å². The minimum atomic E-state index is -0.435. The van der Waals surface area contributed by atoms with Crippen molar-refractivity contribution in [1.29, 1.82) is 0 Å². The van der Waals surface area contributed by atoms with Crippen molar-refractivity contribution in [2.75, 3.05) is 0 Å². The third kappa shape index (κ3) is 32.6. The van der Waals surface area contributed by atoms with E-state index in [0.29, 0.717) is 12.8 Å². The first-order valence-electron chi connectivity index (χ1n) is 17.4. The minimum absolute atomic E-state index is 0.318. The molecular weight excluding hydrogens is 496 g/mol. The second-order valence-electron chi connectivity index (χ2n) is 11.6. The molecule has 0 spiro atoms. The summed E-state index contributed by atoms with van der Waals surface area (Å²) in [5, 5.41) is 0. The summed E-state index contributed by atoms with van der Waals surface area (Å²) in [5.74, 6) is -0.869. The lowest BCUT2D eigenvalue weighted by Gasteiger charge is -2.04. The molecule has 0 N–H and O–H groups in total. The predicted molar refractivity (Wildman–Crippen MR) is 171 cm³/mol. The SMILES string of the molecule is CCCCCCCCC=CCCCCCCCC(=O)OOC(=O)CCCCCCC/C=C\CCCCCCCC. The van der Waals surface area contributed by atoms with E-state index >= 15 is 0 Å². The summed E-state index contributed by atoms with van der Waals surface area (Å²) in [6, 6.07) is 0. The molecule has 0 aromatic carbocycles. The molecule has 0 unspecified atom stereocenters. The molecule has 0 rings (SSSR count). The second kappa shape index (κ2) is 33.6. The zero-order chi connectivity index (χ0) is 29.2. The zero-order valence-corrected chi connectivity index (χ0v) is 26.7. The molecule has 0 atom stereocenters. The number of allylic oxidation sites excluding steroid dienone is 4. The molecule has 0 amide bonds. The van der Waals surface area contributed by atoms with Crippen molar-refractivity contribution in [3.63, 3.8) is 0 Å². The number of unbranched alkanes of at least 4 members (excludes halogenated alkanes) is 22. The molecule has 4 heteroatoms. The van der Waals surface area contributed by atoms with E-state index in [-0.39, 0.29) is 0 Å². The van der Waals surface area contributed by atoms with Gasteiger partial charge in [0.25, 0.3) is 0 Å². The Morgan fingerprint density at radius 2 is 0.625 bits per heavy atom. The molecule has 4 nitrogen and oxygen atoms in total. The van der Waals surface area contributed by atoms with Gasteiger partial charge >= 0.3 is 11.9 Å². The standard InChI is InChI=1S/C36H66O4/c1-3-5-7-9-11-13-15-17-19-21-23-25-27-29-31-33-35(37)39-40-36(38)34-32-30-28-26-24-22-20-18-16-14-12-10-8-6-4-2/h17-20H,3-16,21-34H2,1-2H3/b19-17-,20-18?. The van der Waals surface area contributed by atoms with Gasteiger partial charge in [0.1, 0.15) is 0 Å². The minimum Gasteiger partial charge on any atom is -0.247 e. The normalized spacial score (nSPS) is 11.6.